The Labute approximate surface area is 144 Å². The number of nitrogens with one attached hydrogen (secondary N) is 1. The summed E-state index contributed by atoms with van der Waals surface area (Å²) in [6.45, 7) is 2.88. The van der Waals surface area contributed by atoms with Gasteiger partial charge in [-0.05, 0) is 43.0 Å². The van der Waals surface area contributed by atoms with Crippen molar-refractivity contribution in [2.45, 2.75) is 32.4 Å². The third-order valence-corrected chi connectivity index (χ3v) is 5.32. The Morgan fingerprint density at radius 2 is 2.12 bits per heavy atom. The second-order valence-electron chi connectivity index (χ2n) is 5.77. The van der Waals surface area contributed by atoms with Gasteiger partial charge in [0.2, 0.25) is 0 Å². The molecule has 0 unspecified atom stereocenters. The van der Waals surface area contributed by atoms with Gasteiger partial charge in [0.25, 0.3) is 0 Å². The number of pyridine rings is 1. The molecule has 4 N–H and O–H groups in total. The minimum Gasteiger partial charge on any atom is -0.396 e. The van der Waals surface area contributed by atoms with Crippen LogP contribution in [0.2, 0.25) is 0 Å². The molecule has 3 aromatic heterocycles. The molecule has 0 fully saturated rings. The van der Waals surface area contributed by atoms with Gasteiger partial charge in [-0.25, -0.2) is 0 Å². The molecular formula is C17H21N5OS. The van der Waals surface area contributed by atoms with Crippen molar-refractivity contribution >= 4 is 27.2 Å². The Morgan fingerprint density at radius 3 is 2.88 bits per heavy atom. The summed E-state index contributed by atoms with van der Waals surface area (Å²) in [6, 6.07) is 3.93. The van der Waals surface area contributed by atoms with Gasteiger partial charge in [-0.15, -0.1) is 16.4 Å². The zero-order valence-electron chi connectivity index (χ0n) is 13.6. The van der Waals surface area contributed by atoms with Gasteiger partial charge >= 0.3 is 0 Å². The Balaban J connectivity index is 1.84. The smallest absolute Gasteiger partial charge is 0.109 e. The minimum atomic E-state index is -0.0389. The van der Waals surface area contributed by atoms with E-state index < -0.39 is 0 Å². The van der Waals surface area contributed by atoms with Crippen molar-refractivity contribution in [2.75, 3.05) is 11.9 Å². The maximum Gasteiger partial charge on any atom is 0.109 e. The van der Waals surface area contributed by atoms with Crippen LogP contribution in [0.3, 0.4) is 0 Å². The van der Waals surface area contributed by atoms with Gasteiger partial charge in [0.1, 0.15) is 5.52 Å². The number of aryl methyl sites for hydroxylation is 1. The first-order valence-electron chi connectivity index (χ1n) is 7.92. The van der Waals surface area contributed by atoms with Gasteiger partial charge in [0.05, 0.1) is 16.6 Å². The summed E-state index contributed by atoms with van der Waals surface area (Å²) in [5.41, 5.74) is 10.3. The number of rotatable bonds is 7. The lowest BCUT2D eigenvalue weighted by molar-refractivity contribution is 0.275. The quantitative estimate of drug-likeness (QED) is 0.609. The van der Waals surface area contributed by atoms with E-state index in [0.29, 0.717) is 13.0 Å². The van der Waals surface area contributed by atoms with Gasteiger partial charge < -0.3 is 16.2 Å². The Hall–Kier alpha value is -2.09. The van der Waals surface area contributed by atoms with Crippen molar-refractivity contribution in [1.29, 1.82) is 0 Å². The third kappa shape index (κ3) is 3.69. The number of thiophene rings is 1. The number of fused-ring (bicyclic) bond motifs is 1. The lowest BCUT2D eigenvalue weighted by Crippen LogP contribution is -2.23. The minimum absolute atomic E-state index is 0.0389. The second kappa shape index (κ2) is 7.65. The van der Waals surface area contributed by atoms with Crippen LogP contribution in [-0.4, -0.2) is 32.9 Å². The van der Waals surface area contributed by atoms with Gasteiger partial charge in [-0.2, -0.15) is 5.10 Å². The Morgan fingerprint density at radius 1 is 1.33 bits per heavy atom. The molecule has 1 atom stereocenters. The van der Waals surface area contributed by atoms with Crippen LogP contribution < -0.4 is 11.1 Å². The van der Waals surface area contributed by atoms with Gasteiger partial charge in [0, 0.05) is 36.5 Å². The fourth-order valence-corrected chi connectivity index (χ4v) is 3.90. The summed E-state index contributed by atoms with van der Waals surface area (Å²) < 4.78 is 1.10. The first kappa shape index (κ1) is 16.8. The van der Waals surface area contributed by atoms with Crippen LogP contribution in [0.4, 0.5) is 5.69 Å². The zero-order valence-corrected chi connectivity index (χ0v) is 14.4. The molecule has 24 heavy (non-hydrogen) atoms. The molecule has 0 aliphatic rings. The van der Waals surface area contributed by atoms with Gasteiger partial charge in [-0.1, -0.05) is 0 Å². The SMILES string of the molecule is Cc1c(C[C@@H](N)CCO)sc2c(NCc3ccncc3)cnnc12. The standard InChI is InChI=1S/C17H21N5OS/c1-11-15(8-13(18)4-7-23)24-17-14(10-21-22-16(11)17)20-9-12-2-5-19-6-3-12/h2-3,5-6,10,13,23H,4,7-9,18H2,1H3,(H,20,22)/t13-/m0/s1. The first-order valence-corrected chi connectivity index (χ1v) is 8.73. The topological polar surface area (TPSA) is 97.0 Å². The van der Waals surface area contributed by atoms with E-state index in [4.69, 9.17) is 10.8 Å². The van der Waals surface area contributed by atoms with Crippen molar-refractivity contribution in [3.63, 3.8) is 0 Å². The maximum atomic E-state index is 9.03. The second-order valence-corrected chi connectivity index (χ2v) is 6.88. The Bertz CT molecular complexity index is 805. The molecule has 0 radical (unpaired) electrons. The molecule has 0 aliphatic carbocycles. The van der Waals surface area contributed by atoms with E-state index in [1.54, 1.807) is 29.9 Å². The molecule has 7 heteroatoms. The van der Waals surface area contributed by atoms with E-state index in [1.165, 1.54) is 4.88 Å². The highest BCUT2D eigenvalue weighted by atomic mass is 32.1. The maximum absolute atomic E-state index is 9.03. The lowest BCUT2D eigenvalue weighted by atomic mass is 10.1. The molecule has 3 rings (SSSR count). The van der Waals surface area contributed by atoms with Crippen LogP contribution in [0.1, 0.15) is 22.4 Å². The highest BCUT2D eigenvalue weighted by molar-refractivity contribution is 7.19. The number of anilines is 1. The zero-order chi connectivity index (χ0) is 16.9. The van der Waals surface area contributed by atoms with Crippen molar-refractivity contribution < 1.29 is 5.11 Å². The molecule has 0 aromatic carbocycles. The summed E-state index contributed by atoms with van der Waals surface area (Å²) in [7, 11) is 0. The normalized spacial score (nSPS) is 12.5. The van der Waals surface area contributed by atoms with E-state index in [9.17, 15) is 0 Å². The molecule has 0 aliphatic heterocycles. The van der Waals surface area contributed by atoms with Crippen LogP contribution in [0.5, 0.6) is 0 Å². The molecule has 0 amide bonds. The molecule has 6 nitrogen and oxygen atoms in total. The molecule has 0 spiro atoms. The molecule has 126 valence electrons. The van der Waals surface area contributed by atoms with Crippen molar-refractivity contribution in [3.05, 3.63) is 46.7 Å². The molecule has 0 saturated carbocycles. The fourth-order valence-electron chi connectivity index (χ4n) is 2.58. The van der Waals surface area contributed by atoms with E-state index >= 15 is 0 Å². The van der Waals surface area contributed by atoms with E-state index in [-0.39, 0.29) is 12.6 Å². The highest BCUT2D eigenvalue weighted by Crippen LogP contribution is 2.34. The van der Waals surface area contributed by atoms with Gasteiger partial charge in [-0.3, -0.25) is 4.98 Å². The number of aromatic nitrogens is 3. The Kier molecular flexibility index (Phi) is 5.34. The van der Waals surface area contributed by atoms with Crippen molar-refractivity contribution in [1.82, 2.24) is 15.2 Å². The third-order valence-electron chi connectivity index (χ3n) is 3.98. The summed E-state index contributed by atoms with van der Waals surface area (Å²) >= 11 is 1.70. The molecular weight excluding hydrogens is 322 g/mol. The molecule has 3 heterocycles. The summed E-state index contributed by atoms with van der Waals surface area (Å²) in [4.78, 5) is 5.24. The van der Waals surface area contributed by atoms with E-state index in [2.05, 4.69) is 27.4 Å². The summed E-state index contributed by atoms with van der Waals surface area (Å²) in [6.07, 6.45) is 6.68. The van der Waals surface area contributed by atoms with Crippen LogP contribution in [-0.2, 0) is 13.0 Å². The monoisotopic (exact) mass is 343 g/mol. The molecule has 0 saturated heterocycles. The average molecular weight is 343 g/mol. The number of aliphatic hydroxyl groups is 1. The molecule has 3 aromatic rings. The summed E-state index contributed by atoms with van der Waals surface area (Å²) in [5, 5.41) is 20.9. The predicted octanol–water partition coefficient (Wildman–Crippen LogP) is 2.26. The van der Waals surface area contributed by atoms with Crippen LogP contribution >= 0.6 is 11.3 Å². The first-order chi connectivity index (χ1) is 11.7. The fraction of sp³-hybridized carbons (Fsp3) is 0.353. The number of nitrogens with two attached hydrogens (primary N) is 1. The average Bonchev–Trinajstić information content (AvgIpc) is 2.91. The molecule has 0 bridgehead atoms. The van der Waals surface area contributed by atoms with Crippen LogP contribution in [0, 0.1) is 6.92 Å². The van der Waals surface area contributed by atoms with Crippen molar-refractivity contribution in [3.8, 4) is 0 Å². The number of aliphatic hydroxyl groups excluding tert-OH is 1. The largest absolute Gasteiger partial charge is 0.396 e. The van der Waals surface area contributed by atoms with E-state index in [0.717, 1.165) is 33.5 Å². The number of hydrogen-bond donors (Lipinski definition) is 3. The van der Waals surface area contributed by atoms with E-state index in [1.807, 2.05) is 12.1 Å². The van der Waals surface area contributed by atoms with Crippen LogP contribution in [0.25, 0.3) is 10.2 Å². The summed E-state index contributed by atoms with van der Waals surface area (Å²) in [5.74, 6) is 0. The number of hydrogen-bond acceptors (Lipinski definition) is 7. The van der Waals surface area contributed by atoms with Crippen LogP contribution in [0.15, 0.2) is 30.7 Å². The van der Waals surface area contributed by atoms with Crippen molar-refractivity contribution in [2.24, 2.45) is 5.73 Å². The number of nitrogens with zero attached hydrogens (tertiary/aromatic N) is 3. The highest BCUT2D eigenvalue weighted by Gasteiger charge is 2.15. The van der Waals surface area contributed by atoms with Gasteiger partial charge in [0.15, 0.2) is 0 Å². The lowest BCUT2D eigenvalue weighted by Gasteiger charge is -2.08. The predicted molar refractivity (Wildman–Crippen MR) is 97.1 cm³/mol.